The van der Waals surface area contributed by atoms with Crippen LogP contribution in [0.25, 0.3) is 0 Å². The minimum Gasteiger partial charge on any atom is -0.479 e. The highest BCUT2D eigenvalue weighted by molar-refractivity contribution is 9.10. The summed E-state index contributed by atoms with van der Waals surface area (Å²) in [4.78, 5) is 47.4. The van der Waals surface area contributed by atoms with Gasteiger partial charge in [-0.1, -0.05) is 11.6 Å². The molecule has 47 heavy (non-hydrogen) atoms. The van der Waals surface area contributed by atoms with Crippen LogP contribution in [0.15, 0.2) is 59.2 Å². The fourth-order valence-corrected chi connectivity index (χ4v) is 5.65. The Labute approximate surface area is 283 Å². The molecule has 0 radical (unpaired) electrons. The van der Waals surface area contributed by atoms with Gasteiger partial charge in [0.1, 0.15) is 29.9 Å². The number of hydrogen-bond acceptors (Lipinski definition) is 11. The van der Waals surface area contributed by atoms with Crippen LogP contribution < -0.4 is 20.3 Å². The third-order valence-corrected chi connectivity index (χ3v) is 8.48. The summed E-state index contributed by atoms with van der Waals surface area (Å²) in [6.07, 6.45) is -7.16. The van der Waals surface area contributed by atoms with Gasteiger partial charge in [0.05, 0.1) is 11.3 Å². The van der Waals surface area contributed by atoms with Crippen molar-refractivity contribution in [3.8, 4) is 5.75 Å². The van der Waals surface area contributed by atoms with Crippen molar-refractivity contribution in [2.45, 2.75) is 37.1 Å². The minimum absolute atomic E-state index is 0.0278. The fourth-order valence-electron chi connectivity index (χ4n) is 5.20. The number of hydrogen-bond donors (Lipinski definition) is 6. The van der Waals surface area contributed by atoms with Gasteiger partial charge in [-0.3, -0.25) is 9.59 Å². The van der Waals surface area contributed by atoms with Crippen LogP contribution in [-0.2, 0) is 9.53 Å². The van der Waals surface area contributed by atoms with Gasteiger partial charge in [0, 0.05) is 52.6 Å². The maximum atomic E-state index is 13.6. The van der Waals surface area contributed by atoms with Crippen LogP contribution in [0.2, 0.25) is 5.02 Å². The van der Waals surface area contributed by atoms with Crippen molar-refractivity contribution in [2.75, 3.05) is 48.8 Å². The lowest BCUT2D eigenvalue weighted by Gasteiger charge is -2.38. The van der Waals surface area contributed by atoms with Crippen LogP contribution in [0.1, 0.15) is 27.1 Å². The Morgan fingerprint density at radius 3 is 2.38 bits per heavy atom. The molecule has 250 valence electrons. The van der Waals surface area contributed by atoms with Crippen LogP contribution in [-0.4, -0.2) is 112 Å². The Hall–Kier alpha value is -3.83. The van der Waals surface area contributed by atoms with Gasteiger partial charge in [0.2, 0.25) is 6.29 Å². The predicted molar refractivity (Wildman–Crippen MR) is 175 cm³/mol. The predicted octanol–water partition coefficient (Wildman–Crippen LogP) is 2.42. The molecule has 3 aromatic rings. The monoisotopic (exact) mass is 733 g/mol. The fraction of sp³-hybridized carbons (Fsp3) is 0.355. The molecule has 0 spiro atoms. The standard InChI is InChI=1S/C31H33BrClN5O9/c1-37-9-2-10-38(12-11-37)19-6-3-16(4-7-19)28(42)36-23-20(29(43)35-22-8-5-17(32)15-34-22)13-18(33)14-21(23)46-31-26(41)24(39)25(40)27(47-31)30(44)45/h3-8,13-15,24-27,31,39-41H,2,9-12H2,1H3,(H,36,42)(H,44,45)(H,34,35,43)/t24-,25-,26+,27-,31+/m0/s1. The molecule has 2 aliphatic heterocycles. The summed E-state index contributed by atoms with van der Waals surface area (Å²) in [5, 5.41) is 45.7. The lowest BCUT2D eigenvalue weighted by Crippen LogP contribution is -2.61. The van der Waals surface area contributed by atoms with Crippen LogP contribution in [0.4, 0.5) is 17.2 Å². The molecule has 14 nitrogen and oxygen atoms in total. The van der Waals surface area contributed by atoms with Crippen molar-refractivity contribution in [1.82, 2.24) is 9.88 Å². The number of halogens is 2. The number of carbonyl (C=O) groups excluding carboxylic acids is 2. The smallest absolute Gasteiger partial charge is 0.335 e. The van der Waals surface area contributed by atoms with Crippen LogP contribution in [0.3, 0.4) is 0 Å². The lowest BCUT2D eigenvalue weighted by molar-refractivity contribution is -0.271. The number of anilines is 3. The van der Waals surface area contributed by atoms with E-state index in [1.165, 1.54) is 24.4 Å². The number of carboxylic acids is 1. The van der Waals surface area contributed by atoms with Crippen LogP contribution >= 0.6 is 27.5 Å². The van der Waals surface area contributed by atoms with Gasteiger partial charge in [0.25, 0.3) is 11.8 Å². The summed E-state index contributed by atoms with van der Waals surface area (Å²) in [6, 6.07) is 12.6. The summed E-state index contributed by atoms with van der Waals surface area (Å²) in [6.45, 7) is 3.61. The van der Waals surface area contributed by atoms with Gasteiger partial charge in [-0.25, -0.2) is 9.78 Å². The Morgan fingerprint density at radius 1 is 0.957 bits per heavy atom. The van der Waals surface area contributed by atoms with E-state index in [2.05, 4.69) is 48.4 Å². The molecule has 0 unspecified atom stereocenters. The molecular weight excluding hydrogens is 702 g/mol. The van der Waals surface area contributed by atoms with E-state index >= 15 is 0 Å². The average Bonchev–Trinajstić information content (AvgIpc) is 3.27. The number of nitrogens with zero attached hydrogens (tertiary/aromatic N) is 3. The van der Waals surface area contributed by atoms with Gasteiger partial charge in [-0.05, 0) is 78.4 Å². The topological polar surface area (TPSA) is 194 Å². The first kappa shape index (κ1) is 34.5. The number of likely N-dealkylation sites (N-methyl/N-ethyl adjacent to an activating group) is 1. The Morgan fingerprint density at radius 2 is 1.70 bits per heavy atom. The number of aliphatic hydroxyl groups is 3. The summed E-state index contributed by atoms with van der Waals surface area (Å²) >= 11 is 9.63. The van der Waals surface area contributed by atoms with Gasteiger partial charge in [-0.2, -0.15) is 0 Å². The van der Waals surface area contributed by atoms with Crippen molar-refractivity contribution in [2.24, 2.45) is 0 Å². The normalized spacial score (nSPS) is 23.4. The van der Waals surface area contributed by atoms with Crippen molar-refractivity contribution in [1.29, 1.82) is 0 Å². The van der Waals surface area contributed by atoms with Gasteiger partial charge in [0.15, 0.2) is 6.10 Å². The molecule has 2 amide bonds. The average molecular weight is 735 g/mol. The van der Waals surface area contributed by atoms with Gasteiger partial charge >= 0.3 is 5.97 Å². The number of pyridine rings is 1. The molecule has 3 heterocycles. The first-order chi connectivity index (χ1) is 22.4. The van der Waals surface area contributed by atoms with E-state index in [1.54, 1.807) is 18.2 Å². The molecule has 16 heteroatoms. The summed E-state index contributed by atoms with van der Waals surface area (Å²) in [5.41, 5.74) is 0.834. The number of aliphatic hydroxyl groups excluding tert-OH is 3. The SMILES string of the molecule is CN1CCCN(c2ccc(C(=O)Nc3c(O[C@@H]4O[C@H](C(=O)O)[C@@H](O)[C@H](O)[C@H]4O)cc(Cl)cc3C(=O)Nc3ccc(Br)cn3)cc2)CC1. The lowest BCUT2D eigenvalue weighted by atomic mass is 9.99. The Balaban J connectivity index is 1.46. The second kappa shape index (κ2) is 14.9. The molecule has 0 saturated carbocycles. The number of rotatable bonds is 8. The van der Waals surface area contributed by atoms with E-state index in [9.17, 15) is 34.8 Å². The molecule has 2 aromatic carbocycles. The van der Waals surface area contributed by atoms with E-state index < -0.39 is 48.5 Å². The zero-order chi connectivity index (χ0) is 33.8. The molecule has 0 aliphatic carbocycles. The first-order valence-electron chi connectivity index (χ1n) is 14.6. The molecule has 1 aromatic heterocycles. The second-order valence-corrected chi connectivity index (χ2v) is 12.5. The van der Waals surface area contributed by atoms with Gasteiger partial charge < -0.3 is 50.3 Å². The Kier molecular flexibility index (Phi) is 11.0. The van der Waals surface area contributed by atoms with Crippen molar-refractivity contribution in [3.63, 3.8) is 0 Å². The quantitative estimate of drug-likeness (QED) is 0.198. The van der Waals surface area contributed by atoms with E-state index in [1.807, 2.05) is 12.1 Å². The number of nitrogens with one attached hydrogen (secondary N) is 2. The highest BCUT2D eigenvalue weighted by atomic mass is 79.9. The highest BCUT2D eigenvalue weighted by Gasteiger charge is 2.48. The zero-order valence-corrected chi connectivity index (χ0v) is 27.4. The number of amides is 2. The van der Waals surface area contributed by atoms with Crippen LogP contribution in [0, 0.1) is 0 Å². The molecular formula is C31H33BrClN5O9. The minimum atomic E-state index is -1.96. The molecule has 6 N–H and O–H groups in total. The molecule has 0 bridgehead atoms. The highest BCUT2D eigenvalue weighted by Crippen LogP contribution is 2.36. The maximum absolute atomic E-state index is 13.6. The summed E-state index contributed by atoms with van der Waals surface area (Å²) in [5.74, 6) is -3.09. The van der Waals surface area contributed by atoms with Gasteiger partial charge in [-0.15, -0.1) is 0 Å². The van der Waals surface area contributed by atoms with E-state index in [0.717, 1.165) is 38.3 Å². The van der Waals surface area contributed by atoms with E-state index in [4.69, 9.17) is 21.1 Å². The molecule has 2 saturated heterocycles. The summed E-state index contributed by atoms with van der Waals surface area (Å²) < 4.78 is 11.7. The molecule has 2 fully saturated rings. The van der Waals surface area contributed by atoms with E-state index in [0.29, 0.717) is 4.47 Å². The number of carboxylic acid groups (broad SMARTS) is 1. The largest absolute Gasteiger partial charge is 0.479 e. The Bertz CT molecular complexity index is 1610. The third-order valence-electron chi connectivity index (χ3n) is 7.79. The third kappa shape index (κ3) is 8.19. The number of benzene rings is 2. The number of carbonyl (C=O) groups is 3. The first-order valence-corrected chi connectivity index (χ1v) is 15.8. The zero-order valence-electron chi connectivity index (χ0n) is 25.0. The molecule has 2 aliphatic rings. The van der Waals surface area contributed by atoms with Crippen molar-refractivity contribution in [3.05, 3.63) is 75.4 Å². The van der Waals surface area contributed by atoms with Crippen LogP contribution in [0.5, 0.6) is 5.75 Å². The number of ether oxygens (including phenoxy) is 2. The molecule has 5 atom stereocenters. The maximum Gasteiger partial charge on any atom is 0.335 e. The summed E-state index contributed by atoms with van der Waals surface area (Å²) in [7, 11) is 2.08. The number of aromatic nitrogens is 1. The molecule has 5 rings (SSSR count). The second-order valence-electron chi connectivity index (χ2n) is 11.1. The van der Waals surface area contributed by atoms with Crippen molar-refractivity contribution < 1.29 is 44.3 Å². The number of aliphatic carboxylic acids is 1. The van der Waals surface area contributed by atoms with Crippen molar-refractivity contribution >= 4 is 62.5 Å². The van der Waals surface area contributed by atoms with E-state index in [-0.39, 0.29) is 33.4 Å².